The van der Waals surface area contributed by atoms with Crippen LogP contribution in [0.4, 0.5) is 0 Å². The summed E-state index contributed by atoms with van der Waals surface area (Å²) in [5, 5.41) is 0. The average molecular weight is 324 g/mol. The highest BCUT2D eigenvalue weighted by atomic mass is 32.1. The van der Waals surface area contributed by atoms with Gasteiger partial charge in [0.1, 0.15) is 0 Å². The van der Waals surface area contributed by atoms with Crippen molar-refractivity contribution < 1.29 is 0 Å². The van der Waals surface area contributed by atoms with Crippen LogP contribution < -0.4 is 17.2 Å². The summed E-state index contributed by atoms with van der Waals surface area (Å²) in [6.07, 6.45) is 0. The monoisotopic (exact) mass is 323 g/mol. The molecule has 22 heavy (non-hydrogen) atoms. The van der Waals surface area contributed by atoms with E-state index in [4.69, 9.17) is 29.8 Å². The second-order valence-corrected chi connectivity index (χ2v) is 8.63. The van der Waals surface area contributed by atoms with Gasteiger partial charge in [0.15, 0.2) is 0 Å². The molecule has 0 amide bonds. The van der Waals surface area contributed by atoms with Crippen molar-refractivity contribution in [1.29, 1.82) is 0 Å². The van der Waals surface area contributed by atoms with Crippen molar-refractivity contribution in [3.63, 3.8) is 0 Å². The first-order valence-corrected chi connectivity index (χ1v) is 8.36. The topological polar surface area (TPSA) is 78.1 Å². The van der Waals surface area contributed by atoms with Crippen LogP contribution >= 0.6 is 12.6 Å². The van der Waals surface area contributed by atoms with E-state index in [1.165, 1.54) is 16.7 Å². The van der Waals surface area contributed by atoms with Crippen molar-refractivity contribution in [2.75, 3.05) is 19.6 Å². The smallest absolute Gasteiger partial charge is 0.0116 e. The molecule has 1 aromatic carbocycles. The number of hydrogen-bond acceptors (Lipinski definition) is 4. The van der Waals surface area contributed by atoms with Gasteiger partial charge in [0.2, 0.25) is 0 Å². The van der Waals surface area contributed by atoms with E-state index in [1.807, 2.05) is 0 Å². The first-order valence-electron chi connectivity index (χ1n) is 7.91. The molecule has 0 fully saturated rings. The highest BCUT2D eigenvalue weighted by Gasteiger charge is 2.31. The molecular weight excluding hydrogens is 290 g/mol. The van der Waals surface area contributed by atoms with Gasteiger partial charge in [-0.25, -0.2) is 0 Å². The van der Waals surface area contributed by atoms with Gasteiger partial charge in [-0.1, -0.05) is 53.7 Å². The summed E-state index contributed by atoms with van der Waals surface area (Å²) in [7, 11) is 0. The number of benzene rings is 1. The molecule has 6 N–H and O–H groups in total. The van der Waals surface area contributed by atoms with E-state index in [0.717, 1.165) is 4.90 Å². The molecule has 3 nitrogen and oxygen atoms in total. The maximum atomic E-state index is 6.01. The molecule has 1 rings (SSSR count). The Bertz CT molecular complexity index is 496. The van der Waals surface area contributed by atoms with Crippen LogP contribution in [0.2, 0.25) is 0 Å². The fourth-order valence-corrected chi connectivity index (χ4v) is 3.13. The lowest BCUT2D eigenvalue weighted by molar-refractivity contribution is 0.488. The Hall–Kier alpha value is -0.550. The zero-order chi connectivity index (χ0) is 17.3. The standard InChI is InChI=1S/C18H33N3S/c1-16(2,9-19)12-7-13(17(3,4)10-20)15(22)14(8-12)18(5,6)11-21/h7-8,22H,9-11,19-21H2,1-6H3. The molecule has 0 aromatic heterocycles. The summed E-state index contributed by atoms with van der Waals surface area (Å²) in [5.41, 5.74) is 21.2. The zero-order valence-electron chi connectivity index (χ0n) is 15.0. The SMILES string of the molecule is CC(C)(CN)c1cc(C(C)(C)CN)c(S)c(C(C)(C)CN)c1. The second kappa shape index (κ2) is 6.52. The van der Waals surface area contributed by atoms with Gasteiger partial charge in [0.25, 0.3) is 0 Å². The van der Waals surface area contributed by atoms with E-state index >= 15 is 0 Å². The molecule has 4 heteroatoms. The van der Waals surface area contributed by atoms with Gasteiger partial charge in [0, 0.05) is 40.8 Å². The lowest BCUT2D eigenvalue weighted by Gasteiger charge is -2.34. The summed E-state index contributed by atoms with van der Waals surface area (Å²) in [6, 6.07) is 4.44. The number of thiol groups is 1. The number of hydrogen-bond donors (Lipinski definition) is 4. The Labute approximate surface area is 141 Å². The van der Waals surface area contributed by atoms with Crippen molar-refractivity contribution >= 4 is 12.6 Å². The minimum Gasteiger partial charge on any atom is -0.330 e. The van der Waals surface area contributed by atoms with Gasteiger partial charge in [-0.15, -0.1) is 12.6 Å². The Morgan fingerprint density at radius 2 is 1.05 bits per heavy atom. The molecule has 0 atom stereocenters. The van der Waals surface area contributed by atoms with Crippen molar-refractivity contribution in [2.45, 2.75) is 62.7 Å². The summed E-state index contributed by atoms with van der Waals surface area (Å²) < 4.78 is 0. The van der Waals surface area contributed by atoms with Crippen LogP contribution in [0, 0.1) is 0 Å². The third-order valence-electron chi connectivity index (χ3n) is 4.88. The van der Waals surface area contributed by atoms with Gasteiger partial charge in [-0.3, -0.25) is 0 Å². The van der Waals surface area contributed by atoms with Gasteiger partial charge in [-0.2, -0.15) is 0 Å². The fourth-order valence-electron chi connectivity index (χ4n) is 2.39. The van der Waals surface area contributed by atoms with Gasteiger partial charge in [0.05, 0.1) is 0 Å². The van der Waals surface area contributed by atoms with E-state index in [-0.39, 0.29) is 16.2 Å². The minimum absolute atomic E-state index is 0.0969. The van der Waals surface area contributed by atoms with Crippen LogP contribution in [0.3, 0.4) is 0 Å². The summed E-state index contributed by atoms with van der Waals surface area (Å²) in [5.74, 6) is 0. The van der Waals surface area contributed by atoms with E-state index in [1.54, 1.807) is 0 Å². The molecule has 0 aliphatic carbocycles. The fraction of sp³-hybridized carbons (Fsp3) is 0.667. The van der Waals surface area contributed by atoms with Crippen LogP contribution in [-0.2, 0) is 16.2 Å². The molecule has 0 bridgehead atoms. The van der Waals surface area contributed by atoms with Crippen LogP contribution in [-0.4, -0.2) is 19.6 Å². The quantitative estimate of drug-likeness (QED) is 0.608. The maximum absolute atomic E-state index is 6.01. The summed E-state index contributed by atoms with van der Waals surface area (Å²) in [6.45, 7) is 14.7. The summed E-state index contributed by atoms with van der Waals surface area (Å²) >= 11 is 4.84. The molecule has 0 saturated heterocycles. The van der Waals surface area contributed by atoms with Crippen molar-refractivity contribution in [1.82, 2.24) is 0 Å². The van der Waals surface area contributed by atoms with Gasteiger partial charge < -0.3 is 17.2 Å². The normalized spacial score (nSPS) is 13.5. The minimum atomic E-state index is -0.142. The molecule has 0 radical (unpaired) electrons. The predicted octanol–water partition coefficient (Wildman–Crippen LogP) is 2.68. The maximum Gasteiger partial charge on any atom is 0.0116 e. The Kier molecular flexibility index (Phi) is 5.78. The van der Waals surface area contributed by atoms with Crippen molar-refractivity contribution in [3.05, 3.63) is 28.8 Å². The predicted molar refractivity (Wildman–Crippen MR) is 99.9 cm³/mol. The van der Waals surface area contributed by atoms with Crippen LogP contribution in [0.25, 0.3) is 0 Å². The molecule has 1 aromatic rings. The lowest BCUT2D eigenvalue weighted by atomic mass is 9.74. The van der Waals surface area contributed by atoms with Crippen LogP contribution in [0.1, 0.15) is 58.2 Å². The largest absolute Gasteiger partial charge is 0.330 e. The lowest BCUT2D eigenvalue weighted by Crippen LogP contribution is -2.35. The molecule has 0 heterocycles. The Morgan fingerprint density at radius 3 is 1.32 bits per heavy atom. The Morgan fingerprint density at radius 1 is 0.727 bits per heavy atom. The second-order valence-electron chi connectivity index (χ2n) is 8.18. The van der Waals surface area contributed by atoms with Gasteiger partial charge in [-0.05, 0) is 16.7 Å². The highest BCUT2D eigenvalue weighted by molar-refractivity contribution is 7.80. The zero-order valence-corrected chi connectivity index (χ0v) is 15.8. The first kappa shape index (κ1) is 19.5. The van der Waals surface area contributed by atoms with Crippen molar-refractivity contribution in [2.24, 2.45) is 17.2 Å². The molecule has 0 spiro atoms. The van der Waals surface area contributed by atoms with Crippen molar-refractivity contribution in [3.8, 4) is 0 Å². The third-order valence-corrected chi connectivity index (χ3v) is 5.36. The molecular formula is C18H33N3S. The Balaban J connectivity index is 3.73. The molecule has 126 valence electrons. The van der Waals surface area contributed by atoms with Gasteiger partial charge >= 0.3 is 0 Å². The molecule has 0 saturated carbocycles. The molecule has 0 unspecified atom stereocenters. The molecule has 0 aliphatic rings. The third kappa shape index (κ3) is 3.67. The summed E-state index contributed by atoms with van der Waals surface area (Å²) in [4.78, 5) is 1.00. The average Bonchev–Trinajstić information content (AvgIpc) is 2.46. The van der Waals surface area contributed by atoms with E-state index in [9.17, 15) is 0 Å². The first-order chi connectivity index (χ1) is 9.93. The highest BCUT2D eigenvalue weighted by Crippen LogP contribution is 2.39. The van der Waals surface area contributed by atoms with E-state index in [0.29, 0.717) is 19.6 Å². The van der Waals surface area contributed by atoms with E-state index < -0.39 is 0 Å². The van der Waals surface area contributed by atoms with Crippen LogP contribution in [0.5, 0.6) is 0 Å². The number of rotatable bonds is 6. The molecule has 0 aliphatic heterocycles. The number of nitrogens with two attached hydrogens (primary N) is 3. The van der Waals surface area contributed by atoms with Crippen LogP contribution in [0.15, 0.2) is 17.0 Å². The van der Waals surface area contributed by atoms with E-state index in [2.05, 4.69) is 53.7 Å².